The van der Waals surface area contributed by atoms with Crippen LogP contribution in [0.15, 0.2) is 41.1 Å². The van der Waals surface area contributed by atoms with Gasteiger partial charge in [-0.05, 0) is 24.6 Å². The van der Waals surface area contributed by atoms with Gasteiger partial charge in [0.2, 0.25) is 5.89 Å². The number of sulfone groups is 1. The van der Waals surface area contributed by atoms with E-state index in [1.807, 2.05) is 6.92 Å². The minimum atomic E-state index is -3.52. The molecule has 0 atom stereocenters. The zero-order valence-corrected chi connectivity index (χ0v) is 14.4. The standard InChI is InChI=1S/C16H17FN4O3S/c1-2-5-16-18-15(20-24-16)11-25(22,23)10-12-8-9-21(19-12)14-7-4-3-6-13(14)17/h3-4,6-9H,2,5,10-11H2,1H3. The van der Waals surface area contributed by atoms with E-state index in [0.29, 0.717) is 18.0 Å². The zero-order chi connectivity index (χ0) is 17.9. The highest BCUT2D eigenvalue weighted by Crippen LogP contribution is 2.14. The fourth-order valence-corrected chi connectivity index (χ4v) is 3.56. The van der Waals surface area contributed by atoms with Crippen LogP contribution in [0.2, 0.25) is 0 Å². The van der Waals surface area contributed by atoms with Crippen LogP contribution >= 0.6 is 0 Å². The van der Waals surface area contributed by atoms with Gasteiger partial charge >= 0.3 is 0 Å². The van der Waals surface area contributed by atoms with Crippen molar-refractivity contribution in [1.29, 1.82) is 0 Å². The third-order valence-electron chi connectivity index (χ3n) is 3.43. The van der Waals surface area contributed by atoms with Gasteiger partial charge in [-0.15, -0.1) is 0 Å². The molecule has 0 aliphatic heterocycles. The Balaban J connectivity index is 1.72. The first-order valence-corrected chi connectivity index (χ1v) is 9.60. The topological polar surface area (TPSA) is 90.9 Å². The van der Waals surface area contributed by atoms with Crippen LogP contribution in [0.25, 0.3) is 5.69 Å². The van der Waals surface area contributed by atoms with Crippen molar-refractivity contribution in [3.05, 3.63) is 59.8 Å². The van der Waals surface area contributed by atoms with Crippen molar-refractivity contribution in [2.75, 3.05) is 0 Å². The van der Waals surface area contributed by atoms with Crippen molar-refractivity contribution in [3.8, 4) is 5.69 Å². The summed E-state index contributed by atoms with van der Waals surface area (Å²) < 4.78 is 44.7. The summed E-state index contributed by atoms with van der Waals surface area (Å²) in [5, 5.41) is 7.82. The van der Waals surface area contributed by atoms with Gasteiger partial charge in [0.15, 0.2) is 15.7 Å². The van der Waals surface area contributed by atoms with E-state index in [9.17, 15) is 12.8 Å². The largest absolute Gasteiger partial charge is 0.339 e. The maximum Gasteiger partial charge on any atom is 0.226 e. The first kappa shape index (κ1) is 17.3. The Labute approximate surface area is 144 Å². The van der Waals surface area contributed by atoms with Gasteiger partial charge < -0.3 is 4.52 Å². The van der Waals surface area contributed by atoms with Crippen molar-refractivity contribution >= 4 is 9.84 Å². The van der Waals surface area contributed by atoms with Gasteiger partial charge in [-0.3, -0.25) is 0 Å². The molecule has 3 aromatic rings. The number of hydrogen-bond donors (Lipinski definition) is 0. The fourth-order valence-electron chi connectivity index (χ4n) is 2.35. The van der Waals surface area contributed by atoms with Crippen LogP contribution in [0.1, 0.15) is 30.8 Å². The molecule has 0 aliphatic rings. The van der Waals surface area contributed by atoms with Gasteiger partial charge in [0.25, 0.3) is 0 Å². The number of aryl methyl sites for hydroxylation is 1. The Morgan fingerprint density at radius 2 is 2.00 bits per heavy atom. The van der Waals surface area contributed by atoms with Crippen LogP contribution in [0.5, 0.6) is 0 Å². The van der Waals surface area contributed by atoms with Crippen LogP contribution in [-0.2, 0) is 27.8 Å². The van der Waals surface area contributed by atoms with E-state index in [1.54, 1.807) is 24.3 Å². The van der Waals surface area contributed by atoms with E-state index in [2.05, 4.69) is 15.2 Å². The Morgan fingerprint density at radius 3 is 2.76 bits per heavy atom. The van der Waals surface area contributed by atoms with Crippen molar-refractivity contribution < 1.29 is 17.3 Å². The van der Waals surface area contributed by atoms with Gasteiger partial charge in [0, 0.05) is 12.6 Å². The summed E-state index contributed by atoms with van der Waals surface area (Å²) >= 11 is 0. The number of para-hydroxylation sites is 1. The molecular formula is C16H17FN4O3S. The summed E-state index contributed by atoms with van der Waals surface area (Å²) in [5.41, 5.74) is 0.578. The molecule has 0 radical (unpaired) electrons. The second-order valence-electron chi connectivity index (χ2n) is 5.59. The molecule has 25 heavy (non-hydrogen) atoms. The van der Waals surface area contributed by atoms with E-state index in [0.717, 1.165) is 6.42 Å². The van der Waals surface area contributed by atoms with E-state index in [-0.39, 0.29) is 23.0 Å². The fraction of sp³-hybridized carbons (Fsp3) is 0.312. The van der Waals surface area contributed by atoms with Crippen molar-refractivity contribution in [3.63, 3.8) is 0 Å². The number of aromatic nitrogens is 4. The first-order valence-electron chi connectivity index (χ1n) is 7.78. The Morgan fingerprint density at radius 1 is 1.20 bits per heavy atom. The molecular weight excluding hydrogens is 347 g/mol. The molecule has 3 rings (SSSR count). The Bertz CT molecular complexity index is 965. The smallest absolute Gasteiger partial charge is 0.226 e. The molecule has 9 heteroatoms. The van der Waals surface area contributed by atoms with E-state index in [1.165, 1.54) is 16.9 Å². The molecule has 0 saturated carbocycles. The van der Waals surface area contributed by atoms with Gasteiger partial charge in [0.05, 0.1) is 11.4 Å². The van der Waals surface area contributed by atoms with Crippen LogP contribution in [0, 0.1) is 5.82 Å². The molecule has 0 aliphatic carbocycles. The summed E-state index contributed by atoms with van der Waals surface area (Å²) in [4.78, 5) is 4.06. The molecule has 132 valence electrons. The first-order chi connectivity index (χ1) is 12.0. The molecule has 0 amide bonds. The average molecular weight is 364 g/mol. The zero-order valence-electron chi connectivity index (χ0n) is 13.6. The number of benzene rings is 1. The molecule has 1 aromatic carbocycles. The molecule has 0 unspecified atom stereocenters. The predicted molar refractivity (Wildman–Crippen MR) is 88.1 cm³/mol. The highest BCUT2D eigenvalue weighted by atomic mass is 32.2. The molecule has 0 N–H and O–H groups in total. The SMILES string of the molecule is CCCc1nc(CS(=O)(=O)Cc2ccn(-c3ccccc3F)n2)no1. The van der Waals surface area contributed by atoms with Crippen LogP contribution < -0.4 is 0 Å². The number of hydrogen-bond acceptors (Lipinski definition) is 6. The van der Waals surface area contributed by atoms with Crippen LogP contribution in [0.4, 0.5) is 4.39 Å². The molecule has 2 heterocycles. The predicted octanol–water partition coefficient (Wildman–Crippen LogP) is 2.46. The monoisotopic (exact) mass is 364 g/mol. The third-order valence-corrected chi connectivity index (χ3v) is 4.87. The molecule has 0 bridgehead atoms. The Kier molecular flexibility index (Phi) is 4.93. The van der Waals surface area contributed by atoms with Crippen LogP contribution in [-0.4, -0.2) is 28.3 Å². The lowest BCUT2D eigenvalue weighted by atomic mass is 10.3. The summed E-state index contributed by atoms with van der Waals surface area (Å²) in [6.07, 6.45) is 2.97. The Hall–Kier alpha value is -2.55. The van der Waals surface area contributed by atoms with Crippen molar-refractivity contribution in [2.45, 2.75) is 31.3 Å². The lowest BCUT2D eigenvalue weighted by Gasteiger charge is -2.02. The molecule has 0 fully saturated rings. The minimum Gasteiger partial charge on any atom is -0.339 e. The summed E-state index contributed by atoms with van der Waals surface area (Å²) in [6, 6.07) is 7.68. The van der Waals surface area contributed by atoms with Gasteiger partial charge in [-0.25, -0.2) is 17.5 Å². The van der Waals surface area contributed by atoms with Crippen molar-refractivity contribution in [1.82, 2.24) is 19.9 Å². The molecule has 2 aromatic heterocycles. The van der Waals surface area contributed by atoms with Gasteiger partial charge in [0.1, 0.15) is 17.3 Å². The van der Waals surface area contributed by atoms with Gasteiger partial charge in [-0.2, -0.15) is 10.1 Å². The number of halogens is 1. The average Bonchev–Trinajstić information content (AvgIpc) is 3.17. The normalized spacial score (nSPS) is 11.8. The maximum atomic E-state index is 13.8. The van der Waals surface area contributed by atoms with E-state index >= 15 is 0 Å². The third kappa shape index (κ3) is 4.30. The van der Waals surface area contributed by atoms with Crippen LogP contribution in [0.3, 0.4) is 0 Å². The van der Waals surface area contributed by atoms with E-state index < -0.39 is 15.7 Å². The maximum absolute atomic E-state index is 13.8. The summed E-state index contributed by atoms with van der Waals surface area (Å²) in [5.74, 6) is -0.484. The molecule has 0 spiro atoms. The molecule has 0 saturated heterocycles. The minimum absolute atomic E-state index is 0.136. The van der Waals surface area contributed by atoms with Gasteiger partial charge in [-0.1, -0.05) is 24.2 Å². The van der Waals surface area contributed by atoms with E-state index in [4.69, 9.17) is 4.52 Å². The quantitative estimate of drug-likeness (QED) is 0.640. The summed E-state index contributed by atoms with van der Waals surface area (Å²) in [6.45, 7) is 1.96. The summed E-state index contributed by atoms with van der Waals surface area (Å²) in [7, 11) is -3.52. The van der Waals surface area contributed by atoms with Crippen molar-refractivity contribution in [2.24, 2.45) is 0 Å². The highest BCUT2D eigenvalue weighted by molar-refractivity contribution is 7.89. The lowest BCUT2D eigenvalue weighted by molar-refractivity contribution is 0.373. The number of nitrogens with zero attached hydrogens (tertiary/aromatic N) is 4. The highest BCUT2D eigenvalue weighted by Gasteiger charge is 2.19. The lowest BCUT2D eigenvalue weighted by Crippen LogP contribution is -2.10. The second kappa shape index (κ2) is 7.14. The number of rotatable bonds is 7. The molecule has 7 nitrogen and oxygen atoms in total. The second-order valence-corrected chi connectivity index (χ2v) is 7.65.